The van der Waals surface area contributed by atoms with Gasteiger partial charge in [0.25, 0.3) is 5.69 Å². The first kappa shape index (κ1) is 13.4. The lowest BCUT2D eigenvalue weighted by Crippen LogP contribution is -2.16. The van der Waals surface area contributed by atoms with Crippen molar-refractivity contribution in [2.45, 2.75) is 0 Å². The van der Waals surface area contributed by atoms with E-state index in [0.29, 0.717) is 5.56 Å². The Morgan fingerprint density at radius 2 is 2.33 bits per heavy atom. The fourth-order valence-corrected chi connectivity index (χ4v) is 1.07. The molecule has 1 rings (SSSR count). The zero-order valence-corrected chi connectivity index (χ0v) is 9.57. The molecule has 18 heavy (non-hydrogen) atoms. The molecule has 1 amide bonds. The Morgan fingerprint density at radius 1 is 1.56 bits per heavy atom. The van der Waals surface area contributed by atoms with Crippen molar-refractivity contribution in [3.05, 3.63) is 46.0 Å². The number of hydrogen-bond acceptors (Lipinski definition) is 5. The van der Waals surface area contributed by atoms with Gasteiger partial charge in [-0.1, -0.05) is 18.2 Å². The molecule has 0 spiro atoms. The van der Waals surface area contributed by atoms with Crippen LogP contribution < -0.4 is 5.43 Å². The first-order valence-electron chi connectivity index (χ1n) is 4.91. The minimum atomic E-state index is -0.671. The molecule has 0 aromatic heterocycles. The van der Waals surface area contributed by atoms with Gasteiger partial charge in [0.05, 0.1) is 12.0 Å². The van der Waals surface area contributed by atoms with Gasteiger partial charge >= 0.3 is 6.09 Å². The van der Waals surface area contributed by atoms with Crippen LogP contribution in [-0.2, 0) is 4.74 Å². The van der Waals surface area contributed by atoms with Crippen molar-refractivity contribution in [2.75, 3.05) is 7.11 Å². The summed E-state index contributed by atoms with van der Waals surface area (Å²) in [6.45, 7) is 0. The summed E-state index contributed by atoms with van der Waals surface area (Å²) >= 11 is 0. The zero-order chi connectivity index (χ0) is 13.4. The van der Waals surface area contributed by atoms with E-state index in [9.17, 15) is 14.9 Å². The van der Waals surface area contributed by atoms with Gasteiger partial charge in [-0.05, 0) is 11.6 Å². The summed E-state index contributed by atoms with van der Waals surface area (Å²) in [6, 6.07) is 6.13. The van der Waals surface area contributed by atoms with E-state index in [1.807, 2.05) is 0 Å². The van der Waals surface area contributed by atoms with Gasteiger partial charge < -0.3 is 4.74 Å². The molecule has 7 heteroatoms. The molecule has 0 saturated carbocycles. The van der Waals surface area contributed by atoms with E-state index in [2.05, 4.69) is 15.3 Å². The lowest BCUT2D eigenvalue weighted by Gasteiger charge is -1.94. The monoisotopic (exact) mass is 249 g/mol. The van der Waals surface area contributed by atoms with Crippen LogP contribution in [0.4, 0.5) is 10.5 Å². The van der Waals surface area contributed by atoms with Crippen molar-refractivity contribution in [1.82, 2.24) is 5.43 Å². The van der Waals surface area contributed by atoms with Gasteiger partial charge in [0, 0.05) is 18.3 Å². The molecule has 0 radical (unpaired) electrons. The second kappa shape index (κ2) is 6.79. The number of nitro groups is 1. The topological polar surface area (TPSA) is 93.8 Å². The number of nitro benzene ring substituents is 1. The first-order valence-corrected chi connectivity index (χ1v) is 4.91. The van der Waals surface area contributed by atoms with E-state index in [1.165, 1.54) is 31.5 Å². The van der Waals surface area contributed by atoms with Crippen molar-refractivity contribution in [3.8, 4) is 0 Å². The maximum atomic E-state index is 10.6. The normalized spacial score (nSPS) is 10.7. The molecule has 0 aliphatic carbocycles. The smallest absolute Gasteiger partial charge is 0.427 e. The fourth-order valence-electron chi connectivity index (χ4n) is 1.07. The molecule has 0 atom stereocenters. The fraction of sp³-hybridized carbons (Fsp3) is 0.0909. The number of allylic oxidation sites excluding steroid dienone is 1. The number of benzene rings is 1. The van der Waals surface area contributed by atoms with Gasteiger partial charge in [-0.15, -0.1) is 0 Å². The van der Waals surface area contributed by atoms with Crippen LogP contribution in [0.2, 0.25) is 0 Å². The summed E-state index contributed by atoms with van der Waals surface area (Å²) < 4.78 is 4.29. The van der Waals surface area contributed by atoms with Crippen LogP contribution in [0.5, 0.6) is 0 Å². The number of carbonyl (C=O) groups excluding carboxylic acids is 1. The number of rotatable bonds is 4. The lowest BCUT2D eigenvalue weighted by atomic mass is 10.2. The molecule has 0 aliphatic rings. The summed E-state index contributed by atoms with van der Waals surface area (Å²) in [7, 11) is 1.23. The maximum Gasteiger partial charge on any atom is 0.427 e. The number of nitrogens with zero attached hydrogens (tertiary/aromatic N) is 2. The minimum absolute atomic E-state index is 0.0155. The summed E-state index contributed by atoms with van der Waals surface area (Å²) in [5, 5.41) is 14.1. The summed E-state index contributed by atoms with van der Waals surface area (Å²) in [5.74, 6) is 0. The van der Waals surface area contributed by atoms with Crippen molar-refractivity contribution >= 4 is 24.1 Å². The number of non-ortho nitro benzene ring substituents is 1. The van der Waals surface area contributed by atoms with Gasteiger partial charge in [0.1, 0.15) is 0 Å². The number of ether oxygens (including phenoxy) is 1. The summed E-state index contributed by atoms with van der Waals surface area (Å²) in [5.41, 5.74) is 2.77. The quantitative estimate of drug-likeness (QED) is 0.501. The third kappa shape index (κ3) is 4.44. The Balaban J connectivity index is 2.59. The highest BCUT2D eigenvalue weighted by Crippen LogP contribution is 2.13. The maximum absolute atomic E-state index is 10.6. The molecule has 0 fully saturated rings. The minimum Gasteiger partial charge on any atom is -0.452 e. The van der Waals surface area contributed by atoms with Crippen LogP contribution in [0.1, 0.15) is 5.56 Å². The SMILES string of the molecule is COC(=O)N/N=C/C=C/c1cccc([N+](=O)[O-])c1. The van der Waals surface area contributed by atoms with Gasteiger partial charge in [0.2, 0.25) is 0 Å². The highest BCUT2D eigenvalue weighted by Gasteiger charge is 2.02. The molecule has 94 valence electrons. The van der Waals surface area contributed by atoms with Crippen molar-refractivity contribution in [2.24, 2.45) is 5.10 Å². The van der Waals surface area contributed by atoms with Gasteiger partial charge in [0.15, 0.2) is 0 Å². The third-order valence-corrected chi connectivity index (χ3v) is 1.87. The predicted molar refractivity (Wildman–Crippen MR) is 66.2 cm³/mol. The molecule has 0 aliphatic heterocycles. The Morgan fingerprint density at radius 3 is 3.00 bits per heavy atom. The number of amides is 1. The molecule has 0 bridgehead atoms. The van der Waals surface area contributed by atoms with Crippen LogP contribution in [0.15, 0.2) is 35.4 Å². The molecular formula is C11H11N3O4. The second-order valence-corrected chi connectivity index (χ2v) is 3.09. The lowest BCUT2D eigenvalue weighted by molar-refractivity contribution is -0.384. The van der Waals surface area contributed by atoms with E-state index < -0.39 is 11.0 Å². The third-order valence-electron chi connectivity index (χ3n) is 1.87. The Kier molecular flexibility index (Phi) is 5.04. The predicted octanol–water partition coefficient (Wildman–Crippen LogP) is 1.95. The molecule has 1 aromatic carbocycles. The molecule has 1 aromatic rings. The van der Waals surface area contributed by atoms with Gasteiger partial charge in [-0.3, -0.25) is 10.1 Å². The molecule has 0 unspecified atom stereocenters. The van der Waals surface area contributed by atoms with E-state index in [0.717, 1.165) is 0 Å². The number of nitrogens with one attached hydrogen (secondary N) is 1. The molecule has 1 N–H and O–H groups in total. The number of methoxy groups -OCH3 is 1. The summed E-state index contributed by atoms with van der Waals surface area (Å²) in [4.78, 5) is 20.7. The molecule has 0 heterocycles. The number of hydrogen-bond donors (Lipinski definition) is 1. The first-order chi connectivity index (χ1) is 8.63. The average molecular weight is 249 g/mol. The van der Waals surface area contributed by atoms with Crippen LogP contribution in [0, 0.1) is 10.1 Å². The average Bonchev–Trinajstić information content (AvgIpc) is 2.38. The van der Waals surface area contributed by atoms with Gasteiger partial charge in [-0.2, -0.15) is 5.10 Å². The summed E-state index contributed by atoms with van der Waals surface area (Å²) in [6.07, 6.45) is 3.82. The highest BCUT2D eigenvalue weighted by molar-refractivity contribution is 5.79. The van der Waals surface area contributed by atoms with Gasteiger partial charge in [-0.25, -0.2) is 10.2 Å². The zero-order valence-electron chi connectivity index (χ0n) is 9.57. The van der Waals surface area contributed by atoms with E-state index in [-0.39, 0.29) is 5.69 Å². The molecule has 7 nitrogen and oxygen atoms in total. The largest absolute Gasteiger partial charge is 0.452 e. The Labute approximate surface area is 103 Å². The highest BCUT2D eigenvalue weighted by atomic mass is 16.6. The molecule has 0 saturated heterocycles. The van der Waals surface area contributed by atoms with Crippen LogP contribution in [0.25, 0.3) is 6.08 Å². The van der Waals surface area contributed by atoms with Crippen LogP contribution in [0.3, 0.4) is 0 Å². The van der Waals surface area contributed by atoms with Crippen molar-refractivity contribution < 1.29 is 14.5 Å². The standard InChI is InChI=1S/C11H11N3O4/c1-18-11(15)13-12-7-3-5-9-4-2-6-10(8-9)14(16)17/h2-8H,1H3,(H,13,15)/b5-3+,12-7+. The van der Waals surface area contributed by atoms with Crippen molar-refractivity contribution in [1.29, 1.82) is 0 Å². The molecular weight excluding hydrogens is 238 g/mol. The number of carbonyl (C=O) groups is 1. The second-order valence-electron chi connectivity index (χ2n) is 3.09. The number of hydrazone groups is 1. The Hall–Kier alpha value is -2.70. The Bertz CT molecular complexity index is 497. The van der Waals surface area contributed by atoms with E-state index in [4.69, 9.17) is 0 Å². The van der Waals surface area contributed by atoms with Crippen LogP contribution in [-0.4, -0.2) is 24.3 Å². The van der Waals surface area contributed by atoms with E-state index >= 15 is 0 Å². The van der Waals surface area contributed by atoms with E-state index in [1.54, 1.807) is 18.2 Å². The van der Waals surface area contributed by atoms with Crippen LogP contribution >= 0.6 is 0 Å². The van der Waals surface area contributed by atoms with Crippen molar-refractivity contribution in [3.63, 3.8) is 0 Å².